The third-order valence-electron chi connectivity index (χ3n) is 2.59. The molecule has 0 aliphatic carbocycles. The summed E-state index contributed by atoms with van der Waals surface area (Å²) in [4.78, 5) is 4.35. The molecule has 3 heteroatoms. The molecule has 2 rings (SSSR count). The van der Waals surface area contributed by atoms with E-state index in [-0.39, 0.29) is 0 Å². The zero-order valence-corrected chi connectivity index (χ0v) is 9.77. The average Bonchev–Trinajstić information content (AvgIpc) is 2.73. The summed E-state index contributed by atoms with van der Waals surface area (Å²) in [5.74, 6) is 1.01. The molecule has 1 heterocycles. The molecule has 0 saturated carbocycles. The van der Waals surface area contributed by atoms with Gasteiger partial charge < -0.3 is 9.88 Å². The highest BCUT2D eigenvalue weighted by Crippen LogP contribution is 2.17. The van der Waals surface area contributed by atoms with E-state index in [0.717, 1.165) is 18.9 Å². The summed E-state index contributed by atoms with van der Waals surface area (Å²) in [5.41, 5.74) is 2.46. The molecule has 0 aliphatic heterocycles. The van der Waals surface area contributed by atoms with Gasteiger partial charge in [-0.2, -0.15) is 0 Å². The SMILES string of the molecule is CCNCc1cccc(-c2nccn2C)c1. The summed E-state index contributed by atoms with van der Waals surface area (Å²) in [6.07, 6.45) is 3.79. The lowest BCUT2D eigenvalue weighted by atomic mass is 10.1. The van der Waals surface area contributed by atoms with Crippen molar-refractivity contribution >= 4 is 0 Å². The normalized spacial score (nSPS) is 10.6. The van der Waals surface area contributed by atoms with E-state index < -0.39 is 0 Å². The first kappa shape index (κ1) is 10.9. The predicted octanol–water partition coefficient (Wildman–Crippen LogP) is 2.20. The van der Waals surface area contributed by atoms with E-state index in [1.807, 2.05) is 24.0 Å². The van der Waals surface area contributed by atoms with Gasteiger partial charge in [0, 0.05) is 31.5 Å². The molecule has 0 spiro atoms. The van der Waals surface area contributed by atoms with Gasteiger partial charge in [0.15, 0.2) is 0 Å². The quantitative estimate of drug-likeness (QED) is 0.847. The molecule has 0 atom stereocenters. The van der Waals surface area contributed by atoms with Gasteiger partial charge in [0.1, 0.15) is 5.82 Å². The zero-order valence-electron chi connectivity index (χ0n) is 9.77. The molecule has 1 aromatic carbocycles. The monoisotopic (exact) mass is 215 g/mol. The van der Waals surface area contributed by atoms with Crippen molar-refractivity contribution in [1.29, 1.82) is 0 Å². The smallest absolute Gasteiger partial charge is 0.139 e. The van der Waals surface area contributed by atoms with Crippen molar-refractivity contribution in [2.24, 2.45) is 7.05 Å². The van der Waals surface area contributed by atoms with Gasteiger partial charge in [-0.05, 0) is 18.2 Å². The zero-order chi connectivity index (χ0) is 11.4. The van der Waals surface area contributed by atoms with Crippen molar-refractivity contribution in [3.63, 3.8) is 0 Å². The lowest BCUT2D eigenvalue weighted by molar-refractivity contribution is 0.727. The van der Waals surface area contributed by atoms with Gasteiger partial charge >= 0.3 is 0 Å². The van der Waals surface area contributed by atoms with Crippen LogP contribution >= 0.6 is 0 Å². The Balaban J connectivity index is 2.26. The maximum Gasteiger partial charge on any atom is 0.139 e. The molecule has 84 valence electrons. The second-order valence-corrected chi connectivity index (χ2v) is 3.84. The van der Waals surface area contributed by atoms with E-state index in [2.05, 4.69) is 41.5 Å². The van der Waals surface area contributed by atoms with Crippen LogP contribution in [0.5, 0.6) is 0 Å². The van der Waals surface area contributed by atoms with Crippen molar-refractivity contribution in [1.82, 2.24) is 14.9 Å². The first-order valence-corrected chi connectivity index (χ1v) is 5.58. The number of benzene rings is 1. The molecule has 0 saturated heterocycles. The largest absolute Gasteiger partial charge is 0.334 e. The minimum Gasteiger partial charge on any atom is -0.334 e. The Bertz CT molecular complexity index is 460. The second kappa shape index (κ2) is 4.94. The van der Waals surface area contributed by atoms with E-state index in [1.54, 1.807) is 0 Å². The topological polar surface area (TPSA) is 29.9 Å². The molecule has 1 aromatic heterocycles. The number of nitrogens with zero attached hydrogens (tertiary/aromatic N) is 2. The van der Waals surface area contributed by atoms with Gasteiger partial charge in [0.05, 0.1) is 0 Å². The summed E-state index contributed by atoms with van der Waals surface area (Å²) in [5, 5.41) is 3.32. The summed E-state index contributed by atoms with van der Waals surface area (Å²) >= 11 is 0. The lowest BCUT2D eigenvalue weighted by Gasteiger charge is -2.05. The molecule has 0 radical (unpaired) electrons. The molecule has 0 aliphatic rings. The number of aryl methyl sites for hydroxylation is 1. The Morgan fingerprint density at radius 3 is 2.94 bits per heavy atom. The minimum absolute atomic E-state index is 0.911. The van der Waals surface area contributed by atoms with Crippen LogP contribution in [-0.2, 0) is 13.6 Å². The van der Waals surface area contributed by atoms with Crippen LogP contribution in [0.2, 0.25) is 0 Å². The molecular formula is C13H17N3. The summed E-state index contributed by atoms with van der Waals surface area (Å²) in [6.45, 7) is 4.02. The van der Waals surface area contributed by atoms with Crippen LogP contribution in [0.4, 0.5) is 0 Å². The van der Waals surface area contributed by atoms with Crippen LogP contribution in [0.3, 0.4) is 0 Å². The first-order valence-electron chi connectivity index (χ1n) is 5.58. The molecule has 1 N–H and O–H groups in total. The fraction of sp³-hybridized carbons (Fsp3) is 0.308. The van der Waals surface area contributed by atoms with E-state index in [4.69, 9.17) is 0 Å². The number of rotatable bonds is 4. The van der Waals surface area contributed by atoms with Gasteiger partial charge in [-0.1, -0.05) is 25.1 Å². The van der Waals surface area contributed by atoms with E-state index in [1.165, 1.54) is 11.1 Å². The Morgan fingerprint density at radius 2 is 2.25 bits per heavy atom. The first-order chi connectivity index (χ1) is 7.81. The number of hydrogen-bond donors (Lipinski definition) is 1. The Labute approximate surface area is 96.1 Å². The van der Waals surface area contributed by atoms with Crippen LogP contribution < -0.4 is 5.32 Å². The van der Waals surface area contributed by atoms with Gasteiger partial charge in [-0.25, -0.2) is 4.98 Å². The summed E-state index contributed by atoms with van der Waals surface area (Å²) in [6, 6.07) is 8.49. The van der Waals surface area contributed by atoms with Gasteiger partial charge in [-0.3, -0.25) is 0 Å². The molecule has 0 bridgehead atoms. The van der Waals surface area contributed by atoms with Crippen LogP contribution in [0.25, 0.3) is 11.4 Å². The maximum absolute atomic E-state index is 4.35. The summed E-state index contributed by atoms with van der Waals surface area (Å²) < 4.78 is 2.03. The number of imidazole rings is 1. The van der Waals surface area contributed by atoms with Crippen LogP contribution in [0, 0.1) is 0 Å². The minimum atomic E-state index is 0.911. The Morgan fingerprint density at radius 1 is 1.38 bits per heavy atom. The average molecular weight is 215 g/mol. The van der Waals surface area contributed by atoms with Crippen molar-refractivity contribution in [3.05, 3.63) is 42.2 Å². The third kappa shape index (κ3) is 2.31. The van der Waals surface area contributed by atoms with Crippen LogP contribution in [-0.4, -0.2) is 16.1 Å². The standard InChI is InChI=1S/C13H17N3/c1-3-14-10-11-5-4-6-12(9-11)13-15-7-8-16(13)2/h4-9,14H,3,10H2,1-2H3. The van der Waals surface area contributed by atoms with Gasteiger partial charge in [-0.15, -0.1) is 0 Å². The van der Waals surface area contributed by atoms with E-state index in [0.29, 0.717) is 0 Å². The summed E-state index contributed by atoms with van der Waals surface area (Å²) in [7, 11) is 2.01. The van der Waals surface area contributed by atoms with Crippen LogP contribution in [0.15, 0.2) is 36.7 Å². The highest BCUT2D eigenvalue weighted by atomic mass is 15.0. The number of hydrogen-bond acceptors (Lipinski definition) is 2. The van der Waals surface area contributed by atoms with Crippen molar-refractivity contribution in [2.45, 2.75) is 13.5 Å². The fourth-order valence-corrected chi connectivity index (χ4v) is 1.73. The molecule has 3 nitrogen and oxygen atoms in total. The number of nitrogens with one attached hydrogen (secondary N) is 1. The maximum atomic E-state index is 4.35. The molecular weight excluding hydrogens is 198 g/mol. The fourth-order valence-electron chi connectivity index (χ4n) is 1.73. The number of aromatic nitrogens is 2. The molecule has 0 fully saturated rings. The van der Waals surface area contributed by atoms with Crippen molar-refractivity contribution in [3.8, 4) is 11.4 Å². The van der Waals surface area contributed by atoms with Crippen molar-refractivity contribution < 1.29 is 0 Å². The second-order valence-electron chi connectivity index (χ2n) is 3.84. The van der Waals surface area contributed by atoms with Crippen molar-refractivity contribution in [2.75, 3.05) is 6.54 Å². The van der Waals surface area contributed by atoms with E-state index >= 15 is 0 Å². The predicted molar refractivity (Wildman–Crippen MR) is 66.0 cm³/mol. The Kier molecular flexibility index (Phi) is 3.37. The van der Waals surface area contributed by atoms with E-state index in [9.17, 15) is 0 Å². The highest BCUT2D eigenvalue weighted by Gasteiger charge is 2.03. The molecule has 2 aromatic rings. The highest BCUT2D eigenvalue weighted by molar-refractivity contribution is 5.56. The van der Waals surface area contributed by atoms with Gasteiger partial charge in [0.2, 0.25) is 0 Å². The Hall–Kier alpha value is -1.61. The van der Waals surface area contributed by atoms with Gasteiger partial charge in [0.25, 0.3) is 0 Å². The molecule has 0 amide bonds. The lowest BCUT2D eigenvalue weighted by Crippen LogP contribution is -2.11. The molecule has 0 unspecified atom stereocenters. The third-order valence-corrected chi connectivity index (χ3v) is 2.59. The van der Waals surface area contributed by atoms with Crippen LogP contribution in [0.1, 0.15) is 12.5 Å². The molecule has 16 heavy (non-hydrogen) atoms.